The average molecular weight is 268 g/mol. The van der Waals surface area contributed by atoms with Crippen LogP contribution in [0, 0.1) is 0 Å². The van der Waals surface area contributed by atoms with Gasteiger partial charge in [-0.15, -0.1) is 0 Å². The molecular weight excluding hydrogens is 248 g/mol. The minimum atomic E-state index is -1.02. The average Bonchev–Trinajstić information content (AvgIpc) is 2.80. The van der Waals surface area contributed by atoms with Crippen molar-refractivity contribution >= 4 is 12.0 Å². The fraction of sp³-hybridized carbons (Fsp3) is 0.583. The number of urea groups is 1. The van der Waals surface area contributed by atoms with Crippen LogP contribution in [0.5, 0.6) is 0 Å². The van der Waals surface area contributed by atoms with Gasteiger partial charge < -0.3 is 15.7 Å². The first-order valence-corrected chi connectivity index (χ1v) is 6.30. The Labute approximate surface area is 112 Å². The molecule has 0 aliphatic heterocycles. The van der Waals surface area contributed by atoms with E-state index in [9.17, 15) is 9.59 Å². The standard InChI is InChI=1S/C12H20N4O3/c1-3-5-10(11(17)18)15-12(19)14-9(2)8-16-7-4-6-13-16/h4,6-7,9-10H,3,5,8H2,1-2H3,(H,17,18)(H2,14,15,19). The van der Waals surface area contributed by atoms with Crippen molar-refractivity contribution in [3.8, 4) is 0 Å². The summed E-state index contributed by atoms with van der Waals surface area (Å²) in [5.41, 5.74) is 0. The maximum absolute atomic E-state index is 11.7. The molecule has 7 heteroatoms. The van der Waals surface area contributed by atoms with Crippen molar-refractivity contribution in [1.82, 2.24) is 20.4 Å². The van der Waals surface area contributed by atoms with Crippen molar-refractivity contribution in [1.29, 1.82) is 0 Å². The molecule has 7 nitrogen and oxygen atoms in total. The van der Waals surface area contributed by atoms with Gasteiger partial charge in [-0.3, -0.25) is 4.68 Å². The van der Waals surface area contributed by atoms with E-state index in [0.29, 0.717) is 19.4 Å². The number of hydrogen-bond acceptors (Lipinski definition) is 3. The highest BCUT2D eigenvalue weighted by molar-refractivity contribution is 5.82. The largest absolute Gasteiger partial charge is 0.480 e. The number of carbonyl (C=O) groups excluding carboxylic acids is 1. The number of carboxylic acid groups (broad SMARTS) is 1. The lowest BCUT2D eigenvalue weighted by molar-refractivity contribution is -0.139. The zero-order chi connectivity index (χ0) is 14.3. The molecule has 0 radical (unpaired) electrons. The Morgan fingerprint density at radius 1 is 1.42 bits per heavy atom. The van der Waals surface area contributed by atoms with Crippen LogP contribution in [0.2, 0.25) is 0 Å². The quantitative estimate of drug-likeness (QED) is 0.682. The predicted octanol–water partition coefficient (Wildman–Crippen LogP) is 0.824. The van der Waals surface area contributed by atoms with E-state index in [2.05, 4.69) is 15.7 Å². The van der Waals surface area contributed by atoms with Crippen LogP contribution in [-0.2, 0) is 11.3 Å². The maximum Gasteiger partial charge on any atom is 0.326 e. The maximum atomic E-state index is 11.7. The van der Waals surface area contributed by atoms with Gasteiger partial charge in [0.2, 0.25) is 0 Å². The van der Waals surface area contributed by atoms with Crippen LogP contribution in [0.15, 0.2) is 18.5 Å². The molecule has 2 atom stereocenters. The molecule has 0 aliphatic rings. The highest BCUT2D eigenvalue weighted by Crippen LogP contribution is 1.97. The fourth-order valence-corrected chi connectivity index (χ4v) is 1.70. The van der Waals surface area contributed by atoms with Crippen LogP contribution in [-0.4, -0.2) is 39.0 Å². The molecule has 106 valence electrons. The number of amides is 2. The molecule has 1 aromatic heterocycles. The summed E-state index contributed by atoms with van der Waals surface area (Å²) < 4.78 is 1.70. The van der Waals surface area contributed by atoms with Crippen molar-refractivity contribution in [3.05, 3.63) is 18.5 Å². The van der Waals surface area contributed by atoms with Crippen molar-refractivity contribution in [3.63, 3.8) is 0 Å². The molecule has 0 saturated heterocycles. The molecule has 2 unspecified atom stereocenters. The molecule has 1 rings (SSSR count). The molecule has 0 fully saturated rings. The van der Waals surface area contributed by atoms with Crippen LogP contribution in [0.3, 0.4) is 0 Å². The number of nitrogens with zero attached hydrogens (tertiary/aromatic N) is 2. The lowest BCUT2D eigenvalue weighted by Crippen LogP contribution is -2.49. The van der Waals surface area contributed by atoms with E-state index in [1.807, 2.05) is 13.8 Å². The minimum absolute atomic E-state index is 0.143. The van der Waals surface area contributed by atoms with Gasteiger partial charge in [0.1, 0.15) is 6.04 Å². The van der Waals surface area contributed by atoms with Crippen molar-refractivity contribution in [2.24, 2.45) is 0 Å². The molecule has 19 heavy (non-hydrogen) atoms. The van der Waals surface area contributed by atoms with Gasteiger partial charge in [0, 0.05) is 18.4 Å². The molecule has 0 aliphatic carbocycles. The number of carboxylic acids is 1. The summed E-state index contributed by atoms with van der Waals surface area (Å²) in [6.45, 7) is 4.23. The van der Waals surface area contributed by atoms with Crippen molar-refractivity contribution < 1.29 is 14.7 Å². The van der Waals surface area contributed by atoms with E-state index >= 15 is 0 Å². The summed E-state index contributed by atoms with van der Waals surface area (Å²) in [7, 11) is 0. The summed E-state index contributed by atoms with van der Waals surface area (Å²) in [6, 6.07) is 0.340. The lowest BCUT2D eigenvalue weighted by Gasteiger charge is -2.18. The second kappa shape index (κ2) is 7.40. The first kappa shape index (κ1) is 15.0. The Hall–Kier alpha value is -2.05. The zero-order valence-electron chi connectivity index (χ0n) is 11.2. The van der Waals surface area contributed by atoms with Gasteiger partial charge in [0.25, 0.3) is 0 Å². The topological polar surface area (TPSA) is 96.3 Å². The second-order valence-corrected chi connectivity index (χ2v) is 4.43. The van der Waals surface area contributed by atoms with Crippen molar-refractivity contribution in [2.45, 2.75) is 45.3 Å². The number of aliphatic carboxylic acids is 1. The molecule has 0 saturated carbocycles. The summed E-state index contributed by atoms with van der Waals surface area (Å²) >= 11 is 0. The molecule has 0 bridgehead atoms. The second-order valence-electron chi connectivity index (χ2n) is 4.43. The van der Waals surface area contributed by atoms with Gasteiger partial charge in [0.05, 0.1) is 6.54 Å². The summed E-state index contributed by atoms with van der Waals surface area (Å²) in [6.07, 6.45) is 4.57. The van der Waals surface area contributed by atoms with Gasteiger partial charge >= 0.3 is 12.0 Å². The predicted molar refractivity (Wildman–Crippen MR) is 69.7 cm³/mol. The third-order valence-corrected chi connectivity index (χ3v) is 2.58. The van der Waals surface area contributed by atoms with E-state index in [-0.39, 0.29) is 6.04 Å². The molecule has 0 spiro atoms. The van der Waals surface area contributed by atoms with Crippen LogP contribution in [0.4, 0.5) is 4.79 Å². The first-order valence-electron chi connectivity index (χ1n) is 6.30. The minimum Gasteiger partial charge on any atom is -0.480 e. The third kappa shape index (κ3) is 5.41. The summed E-state index contributed by atoms with van der Waals surface area (Å²) in [5, 5.41) is 18.1. The fourth-order valence-electron chi connectivity index (χ4n) is 1.70. The SMILES string of the molecule is CCCC(NC(=O)NC(C)Cn1cccn1)C(=O)O. The van der Waals surface area contributed by atoms with Gasteiger partial charge in [-0.05, 0) is 19.4 Å². The molecule has 2 amide bonds. The number of carbonyl (C=O) groups is 2. The van der Waals surface area contributed by atoms with Gasteiger partial charge in [-0.25, -0.2) is 9.59 Å². The molecule has 1 heterocycles. The smallest absolute Gasteiger partial charge is 0.326 e. The number of nitrogens with one attached hydrogen (secondary N) is 2. The Balaban J connectivity index is 2.38. The molecule has 3 N–H and O–H groups in total. The Bertz CT molecular complexity index is 405. The number of rotatable bonds is 7. The zero-order valence-corrected chi connectivity index (χ0v) is 11.2. The molecule has 1 aromatic rings. The van der Waals surface area contributed by atoms with Gasteiger partial charge in [0.15, 0.2) is 0 Å². The van der Waals surface area contributed by atoms with E-state index in [0.717, 1.165) is 0 Å². The van der Waals surface area contributed by atoms with Crippen LogP contribution in [0.25, 0.3) is 0 Å². The van der Waals surface area contributed by atoms with Crippen LogP contribution in [0.1, 0.15) is 26.7 Å². The number of hydrogen-bond donors (Lipinski definition) is 3. The van der Waals surface area contributed by atoms with E-state index < -0.39 is 18.0 Å². The van der Waals surface area contributed by atoms with E-state index in [1.165, 1.54) is 0 Å². The third-order valence-electron chi connectivity index (χ3n) is 2.58. The normalized spacial score (nSPS) is 13.6. The summed E-state index contributed by atoms with van der Waals surface area (Å²) in [5.74, 6) is -1.02. The molecular formula is C12H20N4O3. The highest BCUT2D eigenvalue weighted by Gasteiger charge is 2.19. The highest BCUT2D eigenvalue weighted by atomic mass is 16.4. The van der Waals surface area contributed by atoms with Gasteiger partial charge in [-0.1, -0.05) is 13.3 Å². The first-order chi connectivity index (χ1) is 9.02. The van der Waals surface area contributed by atoms with Crippen LogP contribution >= 0.6 is 0 Å². The van der Waals surface area contributed by atoms with E-state index in [1.54, 1.807) is 23.1 Å². The lowest BCUT2D eigenvalue weighted by atomic mass is 10.2. The van der Waals surface area contributed by atoms with E-state index in [4.69, 9.17) is 5.11 Å². The van der Waals surface area contributed by atoms with Gasteiger partial charge in [-0.2, -0.15) is 5.10 Å². The Morgan fingerprint density at radius 3 is 2.68 bits per heavy atom. The number of aromatic nitrogens is 2. The van der Waals surface area contributed by atoms with Crippen molar-refractivity contribution in [2.75, 3.05) is 0 Å². The Kier molecular flexibility index (Phi) is 5.84. The monoisotopic (exact) mass is 268 g/mol. The molecule has 0 aromatic carbocycles. The van der Waals surface area contributed by atoms with Crippen LogP contribution < -0.4 is 10.6 Å². The summed E-state index contributed by atoms with van der Waals surface area (Å²) in [4.78, 5) is 22.6. The Morgan fingerprint density at radius 2 is 2.16 bits per heavy atom.